The zero-order valence-electron chi connectivity index (χ0n) is 23.9. The zero-order chi connectivity index (χ0) is 32.1. The van der Waals surface area contributed by atoms with Crippen LogP contribution in [0, 0.1) is 0 Å². The van der Waals surface area contributed by atoms with Crippen LogP contribution in [0.2, 0.25) is 10.0 Å². The van der Waals surface area contributed by atoms with Crippen LogP contribution >= 0.6 is 23.2 Å². The fourth-order valence-corrected chi connectivity index (χ4v) is 6.94. The van der Waals surface area contributed by atoms with E-state index in [1.165, 1.54) is 36.1 Å². The number of anilines is 1. The minimum absolute atomic E-state index is 0.0548. The van der Waals surface area contributed by atoms with E-state index in [0.717, 1.165) is 44.2 Å². The van der Waals surface area contributed by atoms with Crippen LogP contribution in [0.5, 0.6) is 0 Å². The Labute approximate surface area is 265 Å². The molecular weight excluding hydrogens is 638 g/mol. The van der Waals surface area contributed by atoms with Gasteiger partial charge < -0.3 is 10.2 Å². The molecule has 0 bridgehead atoms. The summed E-state index contributed by atoms with van der Waals surface area (Å²) in [4.78, 5) is 28.4. The Morgan fingerprint density at radius 1 is 0.932 bits per heavy atom. The zero-order valence-corrected chi connectivity index (χ0v) is 26.2. The van der Waals surface area contributed by atoms with Crippen molar-refractivity contribution >= 4 is 50.7 Å². The third-order valence-corrected chi connectivity index (χ3v) is 10.1. The lowest BCUT2D eigenvalue weighted by Crippen LogP contribution is -2.53. The molecule has 44 heavy (non-hydrogen) atoms. The first-order valence-corrected chi connectivity index (χ1v) is 16.3. The highest BCUT2D eigenvalue weighted by Crippen LogP contribution is 2.38. The summed E-state index contributed by atoms with van der Waals surface area (Å²) in [5.74, 6) is -1.25. The number of nitrogens with one attached hydrogen (secondary N) is 1. The number of hydrogen-bond acceptors (Lipinski definition) is 4. The van der Waals surface area contributed by atoms with Crippen LogP contribution in [0.4, 0.5) is 18.9 Å². The van der Waals surface area contributed by atoms with Gasteiger partial charge in [-0.05, 0) is 61.7 Å². The Bertz CT molecular complexity index is 1580. The van der Waals surface area contributed by atoms with E-state index >= 15 is 0 Å². The van der Waals surface area contributed by atoms with Gasteiger partial charge in [-0.25, -0.2) is 8.42 Å². The number of carbonyl (C=O) groups is 2. The predicted octanol–water partition coefficient (Wildman–Crippen LogP) is 7.07. The van der Waals surface area contributed by atoms with Gasteiger partial charge >= 0.3 is 6.18 Å². The molecule has 2 amide bonds. The first kappa shape index (κ1) is 33.6. The number of nitrogens with zero attached hydrogens (tertiary/aromatic N) is 2. The molecule has 1 fully saturated rings. The number of halogens is 5. The third-order valence-electron chi connectivity index (χ3n) is 7.57. The molecule has 1 aliphatic carbocycles. The van der Waals surface area contributed by atoms with Crippen LogP contribution in [0.15, 0.2) is 77.7 Å². The smallest absolute Gasteiger partial charge is 0.352 e. The van der Waals surface area contributed by atoms with Crippen molar-refractivity contribution in [3.63, 3.8) is 0 Å². The molecule has 7 nitrogen and oxygen atoms in total. The minimum atomic E-state index is -4.89. The van der Waals surface area contributed by atoms with Gasteiger partial charge in [0, 0.05) is 17.6 Å². The number of sulfonamides is 1. The largest absolute Gasteiger partial charge is 0.417 e. The fraction of sp³-hybridized carbons (Fsp3) is 0.355. The van der Waals surface area contributed by atoms with Gasteiger partial charge in [-0.1, -0.05) is 78.9 Å². The van der Waals surface area contributed by atoms with Crippen LogP contribution in [-0.4, -0.2) is 43.8 Å². The molecule has 0 unspecified atom stereocenters. The van der Waals surface area contributed by atoms with Crippen molar-refractivity contribution in [3.05, 3.63) is 94.0 Å². The maximum absolute atomic E-state index is 14.1. The summed E-state index contributed by atoms with van der Waals surface area (Å²) in [5, 5.41) is 2.69. The van der Waals surface area contributed by atoms with Crippen molar-refractivity contribution in [1.82, 2.24) is 10.2 Å². The van der Waals surface area contributed by atoms with E-state index < -0.39 is 56.9 Å². The molecule has 13 heteroatoms. The number of alkyl halides is 3. The highest BCUT2D eigenvalue weighted by atomic mass is 35.5. The van der Waals surface area contributed by atoms with E-state index in [9.17, 15) is 31.2 Å². The number of benzene rings is 3. The highest BCUT2D eigenvalue weighted by Gasteiger charge is 2.37. The number of amides is 2. The second-order valence-electron chi connectivity index (χ2n) is 10.6. The summed E-state index contributed by atoms with van der Waals surface area (Å²) in [6.07, 6.45) is -0.271. The maximum Gasteiger partial charge on any atom is 0.417 e. The summed E-state index contributed by atoms with van der Waals surface area (Å²) in [5.41, 5.74) is -1.18. The van der Waals surface area contributed by atoms with E-state index in [1.807, 2.05) is 0 Å². The second-order valence-corrected chi connectivity index (χ2v) is 13.3. The van der Waals surface area contributed by atoms with Gasteiger partial charge in [0.05, 0.1) is 21.2 Å². The van der Waals surface area contributed by atoms with Gasteiger partial charge in [-0.2, -0.15) is 13.2 Å². The molecule has 3 aromatic rings. The number of rotatable bonds is 10. The van der Waals surface area contributed by atoms with E-state index in [4.69, 9.17) is 23.2 Å². The van der Waals surface area contributed by atoms with Gasteiger partial charge in [-0.3, -0.25) is 13.9 Å². The quantitative estimate of drug-likeness (QED) is 0.250. The molecule has 0 aromatic heterocycles. The Morgan fingerprint density at radius 2 is 1.57 bits per heavy atom. The van der Waals surface area contributed by atoms with Gasteiger partial charge in [0.1, 0.15) is 12.6 Å². The number of carbonyl (C=O) groups excluding carboxylic acids is 2. The van der Waals surface area contributed by atoms with Crippen molar-refractivity contribution < 1.29 is 31.2 Å². The second kappa shape index (κ2) is 14.2. The lowest BCUT2D eigenvalue weighted by Gasteiger charge is -2.33. The molecule has 236 valence electrons. The molecule has 0 radical (unpaired) electrons. The Morgan fingerprint density at radius 3 is 2.20 bits per heavy atom. The van der Waals surface area contributed by atoms with Gasteiger partial charge in [0.2, 0.25) is 11.8 Å². The molecule has 1 saturated carbocycles. The molecule has 0 aliphatic heterocycles. The molecule has 1 aliphatic rings. The normalized spacial score (nSPS) is 15.0. The lowest BCUT2D eigenvalue weighted by molar-refractivity contribution is -0.139. The molecule has 1 atom stereocenters. The molecule has 0 saturated heterocycles. The van der Waals surface area contributed by atoms with Crippen LogP contribution in [-0.2, 0) is 32.3 Å². The summed E-state index contributed by atoms with van der Waals surface area (Å²) in [6, 6.07) is 15.2. The molecular formula is C31H32Cl2F3N3O4S. The van der Waals surface area contributed by atoms with E-state index in [2.05, 4.69) is 5.32 Å². The summed E-state index contributed by atoms with van der Waals surface area (Å²) in [7, 11) is -4.56. The van der Waals surface area contributed by atoms with Crippen LogP contribution in [0.3, 0.4) is 0 Å². The van der Waals surface area contributed by atoms with Crippen molar-refractivity contribution in [1.29, 1.82) is 0 Å². The van der Waals surface area contributed by atoms with Gasteiger partial charge in [0.25, 0.3) is 10.0 Å². The Kier molecular flexibility index (Phi) is 10.9. The molecule has 3 aromatic carbocycles. The molecule has 1 N–H and O–H groups in total. The first-order chi connectivity index (χ1) is 20.8. The summed E-state index contributed by atoms with van der Waals surface area (Å²) in [6.45, 7) is 0.472. The monoisotopic (exact) mass is 669 g/mol. The average Bonchev–Trinajstić information content (AvgIpc) is 2.99. The molecule has 0 spiro atoms. The van der Waals surface area contributed by atoms with E-state index in [0.29, 0.717) is 21.0 Å². The predicted molar refractivity (Wildman–Crippen MR) is 164 cm³/mol. The van der Waals surface area contributed by atoms with Crippen molar-refractivity contribution in [2.24, 2.45) is 0 Å². The van der Waals surface area contributed by atoms with Crippen LogP contribution < -0.4 is 9.62 Å². The molecule has 4 rings (SSSR count). The van der Waals surface area contributed by atoms with Crippen LogP contribution in [0.1, 0.15) is 50.2 Å². The van der Waals surface area contributed by atoms with Crippen molar-refractivity contribution in [2.75, 3.05) is 10.8 Å². The Balaban J connectivity index is 1.74. The Hall–Kier alpha value is -3.28. The standard InChI is InChI=1S/C31H32Cl2F3N3O4S/c1-21(30(41)37-23-11-4-2-5-12-23)38(19-22-10-8-9-15-27(22)32)29(40)20-39(44(42,43)25-13-6-3-7-14-25)24-16-17-28(33)26(18-24)31(34,35)36/h3,6-10,13-18,21,23H,2,4-5,11-12,19-20H2,1H3,(H,37,41)/t21-/m0/s1. The van der Waals surface area contributed by atoms with Crippen molar-refractivity contribution in [3.8, 4) is 0 Å². The fourth-order valence-electron chi connectivity index (χ4n) is 5.10. The summed E-state index contributed by atoms with van der Waals surface area (Å²) >= 11 is 12.2. The summed E-state index contributed by atoms with van der Waals surface area (Å²) < 4.78 is 69.7. The maximum atomic E-state index is 14.1. The van der Waals surface area contributed by atoms with E-state index in [1.54, 1.807) is 30.3 Å². The van der Waals surface area contributed by atoms with Crippen molar-refractivity contribution in [2.45, 2.75) is 68.7 Å². The van der Waals surface area contributed by atoms with Crippen LogP contribution in [0.25, 0.3) is 0 Å². The average molecular weight is 671 g/mol. The minimum Gasteiger partial charge on any atom is -0.352 e. The first-order valence-electron chi connectivity index (χ1n) is 14.1. The lowest BCUT2D eigenvalue weighted by atomic mass is 9.95. The number of hydrogen-bond donors (Lipinski definition) is 1. The third kappa shape index (κ3) is 8.05. The molecule has 0 heterocycles. The van der Waals surface area contributed by atoms with E-state index in [-0.39, 0.29) is 17.5 Å². The van der Waals surface area contributed by atoms with Gasteiger partial charge in [0.15, 0.2) is 0 Å². The SMILES string of the molecule is C[C@@H](C(=O)NC1CCCCC1)N(Cc1ccccc1Cl)C(=O)CN(c1ccc(Cl)c(C(F)(F)F)c1)S(=O)(=O)c1ccccc1. The highest BCUT2D eigenvalue weighted by molar-refractivity contribution is 7.92. The topological polar surface area (TPSA) is 86.8 Å². The van der Waals surface area contributed by atoms with Gasteiger partial charge in [-0.15, -0.1) is 0 Å².